The van der Waals surface area contributed by atoms with Crippen molar-refractivity contribution in [3.8, 4) is 0 Å². The van der Waals surface area contributed by atoms with Crippen LogP contribution in [0.3, 0.4) is 0 Å². The number of nitrogens with zero attached hydrogens (tertiary/aromatic N) is 2. The van der Waals surface area contributed by atoms with Gasteiger partial charge >= 0.3 is 0 Å². The molecule has 0 aliphatic rings. The first-order valence-electron chi connectivity index (χ1n) is 5.93. The Labute approximate surface area is 113 Å². The Hall–Kier alpha value is -0.190. The van der Waals surface area contributed by atoms with E-state index in [2.05, 4.69) is 18.9 Å². The zero-order chi connectivity index (χ0) is 13.0. The summed E-state index contributed by atoms with van der Waals surface area (Å²) in [7, 11) is 1.82. The van der Waals surface area contributed by atoms with Gasteiger partial charge in [-0.15, -0.1) is 0 Å². The van der Waals surface area contributed by atoms with Crippen molar-refractivity contribution in [2.75, 3.05) is 5.75 Å². The highest BCUT2D eigenvalue weighted by Gasteiger charge is 2.16. The second-order valence-corrected chi connectivity index (χ2v) is 6.22. The molecule has 0 amide bonds. The maximum Gasteiger partial charge on any atom is 0.130 e. The van der Waals surface area contributed by atoms with Gasteiger partial charge in [-0.25, -0.2) is 0 Å². The van der Waals surface area contributed by atoms with Gasteiger partial charge in [-0.05, 0) is 13.3 Å². The molecule has 2 unspecified atom stereocenters. The van der Waals surface area contributed by atoms with Crippen LogP contribution >= 0.6 is 23.4 Å². The lowest BCUT2D eigenvalue weighted by Gasteiger charge is -2.13. The van der Waals surface area contributed by atoms with Crippen molar-refractivity contribution >= 4 is 23.4 Å². The molecule has 0 radical (unpaired) electrons. The first-order valence-corrected chi connectivity index (χ1v) is 7.36. The van der Waals surface area contributed by atoms with E-state index in [9.17, 15) is 5.11 Å². The van der Waals surface area contributed by atoms with Crippen molar-refractivity contribution in [3.05, 3.63) is 16.4 Å². The van der Waals surface area contributed by atoms with Gasteiger partial charge in [0.15, 0.2) is 0 Å². The van der Waals surface area contributed by atoms with Crippen LogP contribution in [-0.2, 0) is 13.5 Å². The van der Waals surface area contributed by atoms with Gasteiger partial charge in [0.1, 0.15) is 5.15 Å². The minimum atomic E-state index is -0.352. The van der Waals surface area contributed by atoms with Crippen molar-refractivity contribution in [1.82, 2.24) is 9.78 Å². The van der Waals surface area contributed by atoms with E-state index < -0.39 is 0 Å². The molecule has 1 heterocycles. The number of thioether (sulfide) groups is 1. The number of aliphatic hydroxyl groups is 1. The van der Waals surface area contributed by atoms with Crippen LogP contribution in [0.4, 0.5) is 0 Å². The third kappa shape index (κ3) is 4.19. The first-order chi connectivity index (χ1) is 7.95. The summed E-state index contributed by atoms with van der Waals surface area (Å²) in [5, 5.41) is 15.5. The van der Waals surface area contributed by atoms with Crippen LogP contribution in [-0.4, -0.2) is 32.0 Å². The number of aromatic nitrogens is 2. The second kappa shape index (κ2) is 6.66. The summed E-state index contributed by atoms with van der Waals surface area (Å²) in [6.45, 7) is 6.27. The van der Waals surface area contributed by atoms with Crippen molar-refractivity contribution < 1.29 is 5.11 Å². The molecule has 3 nitrogen and oxygen atoms in total. The lowest BCUT2D eigenvalue weighted by molar-refractivity contribution is 0.200. The van der Waals surface area contributed by atoms with E-state index in [0.29, 0.717) is 16.8 Å². The fraction of sp³-hybridized carbons (Fsp3) is 0.750. The molecule has 0 saturated carbocycles. The minimum absolute atomic E-state index is 0.352. The molecule has 5 heteroatoms. The Kier molecular flexibility index (Phi) is 5.83. The lowest BCUT2D eigenvalue weighted by atomic mass is 10.1. The van der Waals surface area contributed by atoms with Crippen LogP contribution < -0.4 is 0 Å². The Bertz CT molecular complexity index is 368. The summed E-state index contributed by atoms with van der Waals surface area (Å²) in [5.74, 6) is 0.750. The quantitative estimate of drug-likeness (QED) is 0.868. The number of halogens is 1. The molecule has 2 atom stereocenters. The highest BCUT2D eigenvalue weighted by Crippen LogP contribution is 2.22. The van der Waals surface area contributed by atoms with Gasteiger partial charge in [0.05, 0.1) is 11.8 Å². The van der Waals surface area contributed by atoms with E-state index in [4.69, 9.17) is 11.6 Å². The average molecular weight is 277 g/mol. The molecule has 0 aliphatic heterocycles. The molecule has 0 bridgehead atoms. The van der Waals surface area contributed by atoms with E-state index in [1.54, 1.807) is 16.4 Å². The molecule has 1 aromatic rings. The SMILES string of the molecule is CCC(C)SCC(O)Cc1c(C)nn(C)c1Cl. The number of aryl methyl sites for hydroxylation is 2. The maximum atomic E-state index is 9.99. The van der Waals surface area contributed by atoms with Crippen molar-refractivity contribution in [2.24, 2.45) is 7.05 Å². The Morgan fingerprint density at radius 1 is 1.53 bits per heavy atom. The summed E-state index contributed by atoms with van der Waals surface area (Å²) in [6, 6.07) is 0. The number of aliphatic hydroxyl groups excluding tert-OH is 1. The van der Waals surface area contributed by atoms with Gasteiger partial charge in [0.2, 0.25) is 0 Å². The second-order valence-electron chi connectivity index (χ2n) is 4.39. The smallest absolute Gasteiger partial charge is 0.130 e. The van der Waals surface area contributed by atoms with E-state index in [-0.39, 0.29) is 6.10 Å². The summed E-state index contributed by atoms with van der Waals surface area (Å²) in [4.78, 5) is 0. The summed E-state index contributed by atoms with van der Waals surface area (Å²) >= 11 is 7.93. The summed E-state index contributed by atoms with van der Waals surface area (Å²) in [6.07, 6.45) is 1.36. The van der Waals surface area contributed by atoms with E-state index in [1.807, 2.05) is 14.0 Å². The van der Waals surface area contributed by atoms with Gasteiger partial charge < -0.3 is 5.11 Å². The molecular weight excluding hydrogens is 256 g/mol. The topological polar surface area (TPSA) is 38.1 Å². The van der Waals surface area contributed by atoms with Crippen LogP contribution in [0, 0.1) is 6.92 Å². The molecule has 0 fully saturated rings. The molecule has 1 aromatic heterocycles. The lowest BCUT2D eigenvalue weighted by Crippen LogP contribution is -2.16. The minimum Gasteiger partial charge on any atom is -0.392 e. The monoisotopic (exact) mass is 276 g/mol. The number of hydrogen-bond acceptors (Lipinski definition) is 3. The standard InChI is InChI=1S/C12H21ClN2OS/c1-5-8(2)17-7-10(16)6-11-9(3)14-15(4)12(11)13/h8,10,16H,5-7H2,1-4H3. The van der Waals surface area contributed by atoms with E-state index in [1.165, 1.54) is 0 Å². The van der Waals surface area contributed by atoms with E-state index in [0.717, 1.165) is 23.4 Å². The van der Waals surface area contributed by atoms with Crippen LogP contribution in [0.25, 0.3) is 0 Å². The zero-order valence-electron chi connectivity index (χ0n) is 10.9. The summed E-state index contributed by atoms with van der Waals surface area (Å²) < 4.78 is 1.65. The van der Waals surface area contributed by atoms with Crippen LogP contribution in [0.15, 0.2) is 0 Å². The van der Waals surface area contributed by atoms with Gasteiger partial charge in [0.25, 0.3) is 0 Å². The van der Waals surface area contributed by atoms with Crippen LogP contribution in [0.1, 0.15) is 31.5 Å². The predicted octanol–water partition coefficient (Wildman–Crippen LogP) is 2.82. The van der Waals surface area contributed by atoms with E-state index >= 15 is 0 Å². The molecule has 98 valence electrons. The Morgan fingerprint density at radius 3 is 2.65 bits per heavy atom. The zero-order valence-corrected chi connectivity index (χ0v) is 12.5. The largest absolute Gasteiger partial charge is 0.392 e. The fourth-order valence-corrected chi connectivity index (χ4v) is 2.75. The maximum absolute atomic E-state index is 9.99. The van der Waals surface area contributed by atoms with Crippen molar-refractivity contribution in [2.45, 2.75) is 45.0 Å². The highest BCUT2D eigenvalue weighted by molar-refractivity contribution is 7.99. The van der Waals surface area contributed by atoms with Gasteiger partial charge in [0, 0.05) is 30.0 Å². The molecule has 0 saturated heterocycles. The third-order valence-electron chi connectivity index (χ3n) is 2.86. The predicted molar refractivity (Wildman–Crippen MR) is 74.9 cm³/mol. The van der Waals surface area contributed by atoms with Gasteiger partial charge in [-0.3, -0.25) is 4.68 Å². The van der Waals surface area contributed by atoms with Crippen molar-refractivity contribution in [3.63, 3.8) is 0 Å². The van der Waals surface area contributed by atoms with Crippen LogP contribution in [0.2, 0.25) is 5.15 Å². The number of rotatable bonds is 6. The normalized spacial score (nSPS) is 14.9. The average Bonchev–Trinajstić information content (AvgIpc) is 2.53. The molecule has 1 N–H and O–H groups in total. The molecule has 0 spiro atoms. The highest BCUT2D eigenvalue weighted by atomic mass is 35.5. The Morgan fingerprint density at radius 2 is 2.18 bits per heavy atom. The third-order valence-corrected chi connectivity index (χ3v) is 4.81. The molecule has 17 heavy (non-hydrogen) atoms. The van der Waals surface area contributed by atoms with Crippen molar-refractivity contribution in [1.29, 1.82) is 0 Å². The van der Waals surface area contributed by atoms with Crippen LogP contribution in [0.5, 0.6) is 0 Å². The Balaban J connectivity index is 2.53. The first kappa shape index (κ1) is 14.9. The molecule has 1 rings (SSSR count). The molecule has 0 aliphatic carbocycles. The fourth-order valence-electron chi connectivity index (χ4n) is 1.59. The molecular formula is C12H21ClN2OS. The molecule has 0 aromatic carbocycles. The van der Waals surface area contributed by atoms with Gasteiger partial charge in [-0.2, -0.15) is 16.9 Å². The summed E-state index contributed by atoms with van der Waals surface area (Å²) in [5.41, 5.74) is 1.87. The van der Waals surface area contributed by atoms with Gasteiger partial charge in [-0.1, -0.05) is 25.4 Å². The number of hydrogen-bond donors (Lipinski definition) is 1.